The molecule has 2 aromatic heterocycles. The molecule has 5 heterocycles. The van der Waals surface area contributed by atoms with Crippen molar-refractivity contribution >= 4 is 23.9 Å². The molecule has 19 heteroatoms. The van der Waals surface area contributed by atoms with Crippen molar-refractivity contribution in [2.75, 3.05) is 41.4 Å². The highest BCUT2D eigenvalue weighted by molar-refractivity contribution is 5.90. The van der Waals surface area contributed by atoms with Gasteiger partial charge in [0.15, 0.2) is 11.9 Å². The minimum atomic E-state index is -1.40. The fourth-order valence-corrected chi connectivity index (χ4v) is 10.2. The monoisotopic (exact) mass is 929 g/mol. The number of aryl methyl sites for hydroxylation is 1. The summed E-state index contributed by atoms with van der Waals surface area (Å²) in [5.41, 5.74) is 3.04. The zero-order valence-corrected chi connectivity index (χ0v) is 41.3. The van der Waals surface area contributed by atoms with Crippen molar-refractivity contribution in [1.82, 2.24) is 35.2 Å². The Balaban J connectivity index is 1.55. The molecule has 0 aliphatic carbocycles. The molecule has 0 saturated carbocycles. The number of aliphatic hydroxyl groups is 1. The number of aromatic nitrogens is 3. The summed E-state index contributed by atoms with van der Waals surface area (Å²) in [6, 6.07) is 2.76. The fraction of sp³-hybridized carbons (Fsp3) is 0.745. The van der Waals surface area contributed by atoms with Gasteiger partial charge in [0.2, 0.25) is 0 Å². The van der Waals surface area contributed by atoms with Crippen LogP contribution in [0.5, 0.6) is 0 Å². The number of likely N-dealkylation sites (N-methyl/N-ethyl adjacent to an activating group) is 1. The number of nitrogens with one attached hydrogen (secondary N) is 2. The van der Waals surface area contributed by atoms with Gasteiger partial charge in [-0.05, 0) is 86.0 Å². The second-order valence-corrected chi connectivity index (χ2v) is 18.9. The van der Waals surface area contributed by atoms with Gasteiger partial charge in [-0.2, -0.15) is 0 Å². The van der Waals surface area contributed by atoms with E-state index in [2.05, 4.69) is 25.9 Å². The number of methoxy groups -OCH3 is 1. The van der Waals surface area contributed by atoms with Gasteiger partial charge in [-0.15, -0.1) is 0 Å². The van der Waals surface area contributed by atoms with Crippen LogP contribution < -0.4 is 10.7 Å². The number of carbonyl (C=O) groups is 3. The van der Waals surface area contributed by atoms with E-state index in [0.29, 0.717) is 44.6 Å². The van der Waals surface area contributed by atoms with Gasteiger partial charge in [0.1, 0.15) is 31.5 Å². The van der Waals surface area contributed by atoms with Crippen molar-refractivity contribution in [2.45, 2.75) is 161 Å². The van der Waals surface area contributed by atoms with Crippen LogP contribution in [0.15, 0.2) is 42.2 Å². The summed E-state index contributed by atoms with van der Waals surface area (Å²) in [6.07, 6.45) is 2.77. The molecule has 2 aromatic rings. The number of alkyl carbamates (subject to hydrolysis) is 1. The lowest BCUT2D eigenvalue weighted by Crippen LogP contribution is -2.62. The Bertz CT molecular complexity index is 1920. The Hall–Kier alpha value is -4.40. The van der Waals surface area contributed by atoms with Crippen molar-refractivity contribution in [3.8, 4) is 11.3 Å². The van der Waals surface area contributed by atoms with Crippen LogP contribution in [-0.2, 0) is 44.6 Å². The van der Waals surface area contributed by atoms with Crippen molar-refractivity contribution in [1.29, 1.82) is 0 Å². The maximum Gasteiger partial charge on any atom is 0.425 e. The van der Waals surface area contributed by atoms with Crippen LogP contribution in [0.1, 0.15) is 94.4 Å². The zero-order chi connectivity index (χ0) is 48.5. The third kappa shape index (κ3) is 11.8. The van der Waals surface area contributed by atoms with Crippen molar-refractivity contribution in [3.63, 3.8) is 0 Å². The SMILES string of the molecule is CCCNC(=O)O[C@H]1[C@H](C)[C@@H](O[C@@H]2O[C@H](C)C[C@H](N(C)C)[C@H]2O)[C@@](C)(OC)C[C@@H](C)/C(=N\OC)[C@@H](C)C2N(NCCCn3cnc(-c4cccnc4)c3)C(=O)O[C@]2(C)[C@H](CC)OC(=O)[C@@H]1C. The molecule has 2 amide bonds. The first-order valence-corrected chi connectivity index (χ1v) is 23.5. The molecule has 1 unspecified atom stereocenters. The first kappa shape index (κ1) is 52.6. The number of aliphatic hydroxyl groups excluding tert-OH is 1. The van der Waals surface area contributed by atoms with Gasteiger partial charge in [-0.25, -0.2) is 25.0 Å². The number of rotatable bonds is 15. The number of cyclic esters (lactones) is 1. The van der Waals surface area contributed by atoms with Crippen LogP contribution in [0, 0.1) is 23.7 Å². The van der Waals surface area contributed by atoms with Gasteiger partial charge in [0, 0.05) is 74.7 Å². The first-order valence-electron chi connectivity index (χ1n) is 23.5. The number of ether oxygens (including phenoxy) is 6. The summed E-state index contributed by atoms with van der Waals surface area (Å²) in [5, 5.41) is 20.6. The van der Waals surface area contributed by atoms with E-state index in [1.807, 2.05) is 90.4 Å². The largest absolute Gasteiger partial charge is 0.458 e. The number of pyridine rings is 1. The molecular weight excluding hydrogens is 853 g/mol. The highest BCUT2D eigenvalue weighted by atomic mass is 16.7. The molecule has 3 aliphatic rings. The van der Waals surface area contributed by atoms with E-state index in [-0.39, 0.29) is 25.0 Å². The van der Waals surface area contributed by atoms with Gasteiger partial charge < -0.3 is 53.1 Å². The number of hydrogen-bond acceptors (Lipinski definition) is 16. The van der Waals surface area contributed by atoms with Crippen LogP contribution >= 0.6 is 0 Å². The minimum Gasteiger partial charge on any atom is -0.458 e. The molecule has 3 saturated heterocycles. The van der Waals surface area contributed by atoms with Crippen LogP contribution in [0.3, 0.4) is 0 Å². The molecule has 370 valence electrons. The highest BCUT2D eigenvalue weighted by Gasteiger charge is 2.61. The Kier molecular flexibility index (Phi) is 18.4. The third-order valence-electron chi connectivity index (χ3n) is 13.7. The average molecular weight is 929 g/mol. The topological polar surface area (TPSA) is 210 Å². The molecule has 0 bridgehead atoms. The normalized spacial score (nSPS) is 35.2. The Morgan fingerprint density at radius 3 is 2.47 bits per heavy atom. The molecule has 5 rings (SSSR count). The van der Waals surface area contributed by atoms with Crippen molar-refractivity contribution in [2.24, 2.45) is 28.8 Å². The first-order chi connectivity index (χ1) is 31.3. The van der Waals surface area contributed by atoms with E-state index < -0.39 is 89.8 Å². The quantitative estimate of drug-likeness (QED) is 0.0883. The van der Waals surface area contributed by atoms with Crippen LogP contribution in [-0.4, -0.2) is 155 Å². The molecule has 3 aliphatic heterocycles. The van der Waals surface area contributed by atoms with E-state index >= 15 is 0 Å². The number of amides is 2. The maximum absolute atomic E-state index is 14.7. The van der Waals surface area contributed by atoms with E-state index in [9.17, 15) is 19.5 Å². The summed E-state index contributed by atoms with van der Waals surface area (Å²) < 4.78 is 40.7. The summed E-state index contributed by atoms with van der Waals surface area (Å²) in [5.74, 6) is -3.44. The average Bonchev–Trinajstić information content (AvgIpc) is 3.87. The third-order valence-corrected chi connectivity index (χ3v) is 13.7. The lowest BCUT2D eigenvalue weighted by Gasteiger charge is -2.48. The smallest absolute Gasteiger partial charge is 0.425 e. The predicted octanol–water partition coefficient (Wildman–Crippen LogP) is 5.41. The standard InChI is InChI=1S/C47H76N8O11/c1-14-19-49-44(58)64-39-31(6)41(65-43-38(56)35(53(10)11)23-29(4)62-43)46(8,60-12)24-28(3)37(52-61-13)30(5)40-47(9,36(15-2)63-42(57)32(39)7)66-45(59)55(40)51-21-17-22-54-26-34(50-27-54)33-18-16-20-48-25-33/h16,18,20,25-32,35-36,38-41,43,51,56H,14-15,17,19,21-24H2,1-13H3,(H,49,58)/b52-37+/t28-,29-,30-,31+,32-,35+,36+,38-,39+,40?,41-,43+,46+,47-/m1/s1. The molecule has 3 fully saturated rings. The number of fused-ring (bicyclic) bond motifs is 1. The molecule has 14 atom stereocenters. The number of esters is 1. The van der Waals surface area contributed by atoms with Gasteiger partial charge in [0.25, 0.3) is 0 Å². The Labute approximate surface area is 390 Å². The van der Waals surface area contributed by atoms with Crippen LogP contribution in [0.4, 0.5) is 9.59 Å². The van der Waals surface area contributed by atoms with E-state index in [0.717, 1.165) is 11.3 Å². The van der Waals surface area contributed by atoms with E-state index in [1.54, 1.807) is 39.7 Å². The Morgan fingerprint density at radius 1 is 1.09 bits per heavy atom. The number of oxime groups is 1. The van der Waals surface area contributed by atoms with Crippen molar-refractivity contribution in [3.05, 3.63) is 37.1 Å². The van der Waals surface area contributed by atoms with Crippen molar-refractivity contribution < 1.29 is 52.7 Å². The van der Waals surface area contributed by atoms with E-state index in [4.69, 9.17) is 33.3 Å². The number of hydrogen-bond donors (Lipinski definition) is 3. The molecular formula is C47H76N8O11. The molecule has 0 spiro atoms. The van der Waals surface area contributed by atoms with E-state index in [1.165, 1.54) is 12.1 Å². The Morgan fingerprint density at radius 2 is 1.83 bits per heavy atom. The van der Waals surface area contributed by atoms with Crippen LogP contribution in [0.2, 0.25) is 0 Å². The molecule has 19 nitrogen and oxygen atoms in total. The second kappa shape index (κ2) is 23.1. The summed E-state index contributed by atoms with van der Waals surface area (Å²) in [7, 11) is 6.83. The van der Waals surface area contributed by atoms with Gasteiger partial charge in [0.05, 0.1) is 41.5 Å². The molecule has 0 radical (unpaired) electrons. The lowest BCUT2D eigenvalue weighted by atomic mass is 9.73. The molecule has 3 N–H and O–H groups in total. The molecule has 66 heavy (non-hydrogen) atoms. The fourth-order valence-electron chi connectivity index (χ4n) is 10.2. The zero-order valence-electron chi connectivity index (χ0n) is 41.3. The van der Waals surface area contributed by atoms with Crippen LogP contribution in [0.25, 0.3) is 11.3 Å². The summed E-state index contributed by atoms with van der Waals surface area (Å²) >= 11 is 0. The molecule has 0 aromatic carbocycles. The second-order valence-electron chi connectivity index (χ2n) is 18.9. The number of imidazole rings is 1. The maximum atomic E-state index is 14.7. The minimum absolute atomic E-state index is 0.265. The number of hydrazine groups is 1. The highest BCUT2D eigenvalue weighted by Crippen LogP contribution is 2.44. The van der Waals surface area contributed by atoms with Gasteiger partial charge in [-0.3, -0.25) is 9.78 Å². The summed E-state index contributed by atoms with van der Waals surface area (Å²) in [4.78, 5) is 58.6. The summed E-state index contributed by atoms with van der Waals surface area (Å²) in [6.45, 7) is 18.2. The van der Waals surface area contributed by atoms with Gasteiger partial charge >= 0.3 is 18.2 Å². The number of carbonyl (C=O) groups excluding carboxylic acids is 3. The number of nitrogens with zero attached hydrogens (tertiary/aromatic N) is 6. The van der Waals surface area contributed by atoms with Gasteiger partial charge in [-0.1, -0.05) is 39.8 Å². The predicted molar refractivity (Wildman–Crippen MR) is 246 cm³/mol. The lowest BCUT2D eigenvalue weighted by molar-refractivity contribution is -0.301.